The molecular weight excluding hydrogens is 282 g/mol. The van der Waals surface area contributed by atoms with Gasteiger partial charge in [0.25, 0.3) is 0 Å². The minimum Gasteiger partial charge on any atom is -0.440 e. The molecule has 2 rings (SSSR count). The summed E-state index contributed by atoms with van der Waals surface area (Å²) in [5.41, 5.74) is 3.56. The highest BCUT2D eigenvalue weighted by molar-refractivity contribution is 5.67. The van der Waals surface area contributed by atoms with Crippen molar-refractivity contribution < 1.29 is 14.6 Å². The molecule has 1 aromatic rings. The molecule has 0 radical (unpaired) electrons. The number of alkyl carbamates (subject to hydrolysis) is 1. The normalized spacial score (nSPS) is 17.6. The summed E-state index contributed by atoms with van der Waals surface area (Å²) in [5.74, 6) is 0. The molecule has 6 nitrogen and oxygen atoms in total. The fourth-order valence-electron chi connectivity index (χ4n) is 2.99. The van der Waals surface area contributed by atoms with Gasteiger partial charge in [-0.05, 0) is 50.7 Å². The van der Waals surface area contributed by atoms with Crippen LogP contribution in [-0.4, -0.2) is 28.4 Å². The molecule has 1 heterocycles. The Morgan fingerprint density at radius 2 is 1.64 bits per heavy atom. The summed E-state index contributed by atoms with van der Waals surface area (Å²) in [6, 6.07) is 0. The molecule has 0 saturated heterocycles. The van der Waals surface area contributed by atoms with Gasteiger partial charge in [-0.3, -0.25) is 0 Å². The molecule has 0 aromatic carbocycles. The van der Waals surface area contributed by atoms with E-state index in [1.807, 2.05) is 0 Å². The number of aliphatic hydroxyl groups excluding tert-OH is 1. The highest BCUT2D eigenvalue weighted by Gasteiger charge is 2.24. The number of carbonyl (C=O) groups excluding carboxylic acids is 1. The zero-order chi connectivity index (χ0) is 16.1. The number of aliphatic hydroxyl groups is 1. The van der Waals surface area contributed by atoms with Crippen molar-refractivity contribution in [3.63, 3.8) is 0 Å². The maximum Gasteiger partial charge on any atom is 0.407 e. The topological polar surface area (TPSA) is 84.3 Å². The molecule has 6 heteroatoms. The number of carbonyl (C=O) groups is 1. The maximum absolute atomic E-state index is 11.4. The van der Waals surface area contributed by atoms with E-state index in [-0.39, 0.29) is 0 Å². The van der Waals surface area contributed by atoms with Crippen molar-refractivity contribution in [2.45, 2.75) is 64.6 Å². The Morgan fingerprint density at radius 1 is 1.09 bits per heavy atom. The zero-order valence-electron chi connectivity index (χ0n) is 13.6. The molecule has 1 amide bonds. The quantitative estimate of drug-likeness (QED) is 0.896. The van der Waals surface area contributed by atoms with Crippen LogP contribution in [0.2, 0.25) is 0 Å². The molecule has 22 heavy (non-hydrogen) atoms. The van der Waals surface area contributed by atoms with E-state index in [1.54, 1.807) is 13.8 Å². The number of nitrogens with one attached hydrogen (secondary N) is 1. The van der Waals surface area contributed by atoms with E-state index in [4.69, 9.17) is 4.74 Å². The van der Waals surface area contributed by atoms with E-state index >= 15 is 0 Å². The van der Waals surface area contributed by atoms with Crippen LogP contribution in [0.3, 0.4) is 0 Å². The smallest absolute Gasteiger partial charge is 0.407 e. The van der Waals surface area contributed by atoms with Crippen LogP contribution in [0.25, 0.3) is 0 Å². The third kappa shape index (κ3) is 3.74. The summed E-state index contributed by atoms with van der Waals surface area (Å²) in [6.07, 6.45) is 4.77. The molecule has 0 fully saturated rings. The number of hydrogen-bond donors (Lipinski definition) is 2. The number of hydrogen-bond acceptors (Lipinski definition) is 5. The number of amides is 1. The van der Waals surface area contributed by atoms with Gasteiger partial charge in [-0.25, -0.2) is 4.79 Å². The standard InChI is InChI=1S/C16H25N3O3/c1-10(20)14-12-8-6-4-5-7-9-13(12)15(19-18-14)11(2)22-16(21)17-3/h10-11,20H,4-9H2,1-3H3,(H,17,21). The van der Waals surface area contributed by atoms with Crippen LogP contribution in [0.5, 0.6) is 0 Å². The number of ether oxygens (including phenoxy) is 1. The Bertz CT molecular complexity index is 532. The van der Waals surface area contributed by atoms with Crippen LogP contribution in [0, 0.1) is 0 Å². The van der Waals surface area contributed by atoms with Crippen molar-refractivity contribution in [2.75, 3.05) is 7.05 Å². The molecule has 1 aliphatic rings. The van der Waals surface area contributed by atoms with E-state index in [9.17, 15) is 9.90 Å². The van der Waals surface area contributed by atoms with Crippen molar-refractivity contribution in [1.29, 1.82) is 0 Å². The molecule has 1 aromatic heterocycles. The molecule has 122 valence electrons. The summed E-state index contributed by atoms with van der Waals surface area (Å²) in [6.45, 7) is 3.52. The molecule has 0 aliphatic heterocycles. The van der Waals surface area contributed by atoms with Gasteiger partial charge < -0.3 is 15.2 Å². The Morgan fingerprint density at radius 3 is 2.18 bits per heavy atom. The van der Waals surface area contributed by atoms with Gasteiger partial charge in [0.15, 0.2) is 0 Å². The second-order valence-electron chi connectivity index (χ2n) is 5.82. The van der Waals surface area contributed by atoms with Gasteiger partial charge >= 0.3 is 6.09 Å². The lowest BCUT2D eigenvalue weighted by molar-refractivity contribution is 0.105. The molecule has 2 N–H and O–H groups in total. The van der Waals surface area contributed by atoms with Gasteiger partial charge in [0.2, 0.25) is 0 Å². The van der Waals surface area contributed by atoms with Crippen molar-refractivity contribution in [1.82, 2.24) is 15.5 Å². The highest BCUT2D eigenvalue weighted by atomic mass is 16.6. The first-order valence-corrected chi connectivity index (χ1v) is 7.99. The van der Waals surface area contributed by atoms with Crippen molar-refractivity contribution in [3.05, 3.63) is 22.5 Å². The van der Waals surface area contributed by atoms with Crippen LogP contribution in [-0.2, 0) is 17.6 Å². The maximum atomic E-state index is 11.4. The van der Waals surface area contributed by atoms with Gasteiger partial charge in [0, 0.05) is 7.05 Å². The Labute approximate surface area is 131 Å². The highest BCUT2D eigenvalue weighted by Crippen LogP contribution is 2.30. The summed E-state index contributed by atoms with van der Waals surface area (Å²) >= 11 is 0. The van der Waals surface area contributed by atoms with E-state index in [0.29, 0.717) is 11.4 Å². The van der Waals surface area contributed by atoms with Crippen LogP contribution >= 0.6 is 0 Å². The lowest BCUT2D eigenvalue weighted by atomic mass is 9.89. The first-order valence-electron chi connectivity index (χ1n) is 7.99. The van der Waals surface area contributed by atoms with Crippen molar-refractivity contribution in [2.24, 2.45) is 0 Å². The zero-order valence-corrected chi connectivity index (χ0v) is 13.6. The number of rotatable bonds is 3. The predicted molar refractivity (Wildman–Crippen MR) is 82.5 cm³/mol. The average Bonchev–Trinajstić information content (AvgIpc) is 2.46. The van der Waals surface area contributed by atoms with Crippen LogP contribution in [0.15, 0.2) is 0 Å². The van der Waals surface area contributed by atoms with Crippen LogP contribution in [0.4, 0.5) is 4.79 Å². The van der Waals surface area contributed by atoms with E-state index in [2.05, 4.69) is 15.5 Å². The molecule has 0 bridgehead atoms. The average molecular weight is 307 g/mol. The lowest BCUT2D eigenvalue weighted by Crippen LogP contribution is -2.23. The second-order valence-corrected chi connectivity index (χ2v) is 5.82. The van der Waals surface area contributed by atoms with Crippen molar-refractivity contribution in [3.8, 4) is 0 Å². The number of nitrogens with zero attached hydrogens (tertiary/aromatic N) is 2. The van der Waals surface area contributed by atoms with Gasteiger partial charge in [0.1, 0.15) is 11.8 Å². The van der Waals surface area contributed by atoms with E-state index in [1.165, 1.54) is 19.9 Å². The summed E-state index contributed by atoms with van der Waals surface area (Å²) in [4.78, 5) is 11.4. The van der Waals surface area contributed by atoms with Crippen LogP contribution in [0.1, 0.15) is 74.3 Å². The van der Waals surface area contributed by atoms with Crippen molar-refractivity contribution >= 4 is 6.09 Å². The second kappa shape index (κ2) is 7.54. The summed E-state index contributed by atoms with van der Waals surface area (Å²) < 4.78 is 5.31. The molecule has 2 unspecified atom stereocenters. The SMILES string of the molecule is CNC(=O)OC(C)c1nnc(C(C)O)c2c1CCCCCC2. The minimum atomic E-state index is -0.634. The number of aromatic nitrogens is 2. The Kier molecular flexibility index (Phi) is 5.71. The minimum absolute atomic E-state index is 0.455. The number of fused-ring (bicyclic) bond motifs is 1. The van der Waals surface area contributed by atoms with Gasteiger partial charge in [-0.15, -0.1) is 0 Å². The predicted octanol–water partition coefficient (Wildman–Crippen LogP) is 2.61. The van der Waals surface area contributed by atoms with Crippen LogP contribution < -0.4 is 5.32 Å². The van der Waals surface area contributed by atoms with Gasteiger partial charge in [0.05, 0.1) is 11.8 Å². The molecule has 2 atom stereocenters. The third-order valence-electron chi connectivity index (χ3n) is 4.12. The fourth-order valence-corrected chi connectivity index (χ4v) is 2.99. The third-order valence-corrected chi connectivity index (χ3v) is 4.12. The molecule has 1 aliphatic carbocycles. The fraction of sp³-hybridized carbons (Fsp3) is 0.688. The lowest BCUT2D eigenvalue weighted by Gasteiger charge is -2.22. The molecular formula is C16H25N3O3. The Balaban J connectivity index is 2.41. The summed E-state index contributed by atoms with van der Waals surface area (Å²) in [5, 5.41) is 20.9. The van der Waals surface area contributed by atoms with E-state index < -0.39 is 18.3 Å². The Hall–Kier alpha value is -1.69. The molecule has 0 spiro atoms. The monoisotopic (exact) mass is 307 g/mol. The molecule has 0 saturated carbocycles. The first-order chi connectivity index (χ1) is 10.5. The van der Waals surface area contributed by atoms with E-state index in [0.717, 1.165) is 36.8 Å². The first kappa shape index (κ1) is 16.7. The van der Waals surface area contributed by atoms with Gasteiger partial charge in [-0.1, -0.05) is 12.8 Å². The summed E-state index contributed by atoms with van der Waals surface area (Å²) in [7, 11) is 1.53. The largest absolute Gasteiger partial charge is 0.440 e. The van der Waals surface area contributed by atoms with Gasteiger partial charge in [-0.2, -0.15) is 10.2 Å².